The number of thiazole rings is 1. The number of hydrazine groups is 1. The minimum atomic E-state index is -0.780. The largest absolute Gasteiger partial charge is 0.494 e. The van der Waals surface area contributed by atoms with Gasteiger partial charge in [0.15, 0.2) is 6.10 Å². The fourth-order valence-electron chi connectivity index (χ4n) is 2.38. The van der Waals surface area contributed by atoms with Gasteiger partial charge in [-0.25, -0.2) is 4.98 Å². The summed E-state index contributed by atoms with van der Waals surface area (Å²) in [5, 5.41) is 4.70. The monoisotopic (exact) mass is 431 g/mol. The molecule has 0 aliphatic carbocycles. The predicted octanol–water partition coefficient (Wildman–Crippen LogP) is 3.43. The summed E-state index contributed by atoms with van der Waals surface area (Å²) in [7, 11) is 0. The lowest BCUT2D eigenvalue weighted by Crippen LogP contribution is -2.47. The number of benzene rings is 1. The van der Waals surface area contributed by atoms with Crippen molar-refractivity contribution < 1.29 is 19.1 Å². The van der Waals surface area contributed by atoms with E-state index in [1.807, 2.05) is 29.8 Å². The first kappa shape index (κ1) is 20.8. The van der Waals surface area contributed by atoms with Crippen molar-refractivity contribution >= 4 is 34.5 Å². The highest BCUT2D eigenvalue weighted by Gasteiger charge is 2.16. The van der Waals surface area contributed by atoms with Crippen LogP contribution in [0.1, 0.15) is 19.5 Å². The van der Waals surface area contributed by atoms with E-state index in [4.69, 9.17) is 9.47 Å². The molecule has 7 nitrogen and oxygen atoms in total. The van der Waals surface area contributed by atoms with Gasteiger partial charge in [0.1, 0.15) is 16.5 Å². The zero-order valence-corrected chi connectivity index (χ0v) is 17.6. The van der Waals surface area contributed by atoms with Crippen LogP contribution in [-0.2, 0) is 16.0 Å². The molecule has 3 aromatic rings. The smallest absolute Gasteiger partial charge is 0.279 e. The number of carbonyl (C=O) groups excluding carboxylic acids is 2. The Morgan fingerprint density at radius 2 is 1.86 bits per heavy atom. The van der Waals surface area contributed by atoms with Gasteiger partial charge in [-0.3, -0.25) is 20.4 Å². The van der Waals surface area contributed by atoms with Crippen molar-refractivity contribution in [2.75, 3.05) is 6.61 Å². The Morgan fingerprint density at radius 1 is 1.10 bits per heavy atom. The van der Waals surface area contributed by atoms with Gasteiger partial charge in [-0.15, -0.1) is 22.7 Å². The lowest BCUT2D eigenvalue weighted by atomic mass is 10.3. The van der Waals surface area contributed by atoms with E-state index in [0.29, 0.717) is 18.1 Å². The quantitative estimate of drug-likeness (QED) is 0.534. The van der Waals surface area contributed by atoms with Gasteiger partial charge in [-0.05, 0) is 49.6 Å². The van der Waals surface area contributed by atoms with Crippen LogP contribution in [-0.4, -0.2) is 29.5 Å². The number of hydrogen-bond donors (Lipinski definition) is 2. The zero-order chi connectivity index (χ0) is 20.6. The summed E-state index contributed by atoms with van der Waals surface area (Å²) < 4.78 is 10.9. The molecule has 152 valence electrons. The second-order valence-electron chi connectivity index (χ2n) is 6.00. The van der Waals surface area contributed by atoms with Gasteiger partial charge >= 0.3 is 0 Å². The molecule has 2 aromatic heterocycles. The maximum Gasteiger partial charge on any atom is 0.279 e. The molecule has 1 unspecified atom stereocenters. The predicted molar refractivity (Wildman–Crippen MR) is 113 cm³/mol. The van der Waals surface area contributed by atoms with Crippen molar-refractivity contribution in [2.24, 2.45) is 0 Å². The number of thiophene rings is 1. The normalized spacial score (nSPS) is 11.5. The molecule has 0 aliphatic heterocycles. The molecule has 0 bridgehead atoms. The Bertz CT molecular complexity index is 939. The highest BCUT2D eigenvalue weighted by atomic mass is 32.1. The molecule has 3 rings (SSSR count). The highest BCUT2D eigenvalue weighted by molar-refractivity contribution is 7.20. The number of rotatable bonds is 8. The molecule has 2 heterocycles. The summed E-state index contributed by atoms with van der Waals surface area (Å²) in [6.07, 6.45) is -0.700. The molecule has 2 N–H and O–H groups in total. The molecule has 0 fully saturated rings. The van der Waals surface area contributed by atoms with Gasteiger partial charge in [-0.1, -0.05) is 6.07 Å². The minimum Gasteiger partial charge on any atom is -0.494 e. The molecule has 29 heavy (non-hydrogen) atoms. The number of nitrogens with zero attached hydrogens (tertiary/aromatic N) is 1. The number of amides is 2. The standard InChI is InChI=1S/C20H21N3O4S2/c1-3-26-15-6-8-16(9-7-15)27-13(2)19(25)23-22-18(24)11-14-12-29-20(21-14)17-5-4-10-28-17/h4-10,12-13H,3,11H2,1-2H3,(H,22,24)(H,23,25). The Kier molecular flexibility index (Phi) is 7.20. The van der Waals surface area contributed by atoms with Gasteiger partial charge in [0.25, 0.3) is 5.91 Å². The lowest BCUT2D eigenvalue weighted by Gasteiger charge is -2.15. The van der Waals surface area contributed by atoms with Crippen molar-refractivity contribution in [3.05, 3.63) is 52.9 Å². The first-order valence-corrected chi connectivity index (χ1v) is 10.8. The first-order chi connectivity index (χ1) is 14.0. The minimum absolute atomic E-state index is 0.0796. The van der Waals surface area contributed by atoms with E-state index in [9.17, 15) is 9.59 Å². The zero-order valence-electron chi connectivity index (χ0n) is 16.0. The second-order valence-corrected chi connectivity index (χ2v) is 7.81. The van der Waals surface area contributed by atoms with E-state index in [2.05, 4.69) is 15.8 Å². The van der Waals surface area contributed by atoms with E-state index in [-0.39, 0.29) is 12.3 Å². The molecule has 1 atom stereocenters. The molecule has 1 aromatic carbocycles. The SMILES string of the molecule is CCOc1ccc(OC(C)C(=O)NNC(=O)Cc2csc(-c3cccs3)n2)cc1. The van der Waals surface area contributed by atoms with Crippen LogP contribution in [0.2, 0.25) is 0 Å². The van der Waals surface area contributed by atoms with Crippen molar-refractivity contribution in [3.63, 3.8) is 0 Å². The third-order valence-corrected chi connectivity index (χ3v) is 5.70. The molecular formula is C20H21N3O4S2. The first-order valence-electron chi connectivity index (χ1n) is 9.01. The Morgan fingerprint density at radius 3 is 2.55 bits per heavy atom. The van der Waals surface area contributed by atoms with Crippen LogP contribution in [0.5, 0.6) is 11.5 Å². The van der Waals surface area contributed by atoms with Crippen LogP contribution in [0, 0.1) is 0 Å². The fraction of sp³-hybridized carbons (Fsp3) is 0.250. The van der Waals surface area contributed by atoms with Gasteiger partial charge in [0.05, 0.1) is 23.6 Å². The van der Waals surface area contributed by atoms with Crippen LogP contribution in [0.25, 0.3) is 9.88 Å². The number of ether oxygens (including phenoxy) is 2. The molecule has 0 saturated heterocycles. The molecule has 0 spiro atoms. The van der Waals surface area contributed by atoms with Crippen molar-refractivity contribution in [3.8, 4) is 21.4 Å². The third-order valence-electron chi connectivity index (χ3n) is 3.77. The maximum absolute atomic E-state index is 12.1. The third kappa shape index (κ3) is 6.03. The van der Waals surface area contributed by atoms with Gasteiger partial charge < -0.3 is 9.47 Å². The summed E-state index contributed by atoms with van der Waals surface area (Å²) in [4.78, 5) is 29.7. The molecule has 9 heteroatoms. The van der Waals surface area contributed by atoms with Gasteiger partial charge in [0, 0.05) is 5.38 Å². The Balaban J connectivity index is 1.44. The number of hydrogen-bond acceptors (Lipinski definition) is 7. The number of aromatic nitrogens is 1. The molecule has 0 radical (unpaired) electrons. The van der Waals surface area contributed by atoms with E-state index in [1.54, 1.807) is 42.5 Å². The Labute approximate surface area is 176 Å². The summed E-state index contributed by atoms with van der Waals surface area (Å²) in [6.45, 7) is 4.09. The van der Waals surface area contributed by atoms with Gasteiger partial charge in [0.2, 0.25) is 5.91 Å². The van der Waals surface area contributed by atoms with E-state index in [1.165, 1.54) is 11.3 Å². The van der Waals surface area contributed by atoms with Crippen molar-refractivity contribution in [1.82, 2.24) is 15.8 Å². The summed E-state index contributed by atoms with van der Waals surface area (Å²) in [5.41, 5.74) is 5.43. The summed E-state index contributed by atoms with van der Waals surface area (Å²) in [5.74, 6) is 0.457. The topological polar surface area (TPSA) is 89.5 Å². The number of nitrogens with one attached hydrogen (secondary N) is 2. The van der Waals surface area contributed by atoms with Crippen LogP contribution in [0.3, 0.4) is 0 Å². The summed E-state index contributed by atoms with van der Waals surface area (Å²) >= 11 is 3.09. The van der Waals surface area contributed by atoms with Gasteiger partial charge in [-0.2, -0.15) is 0 Å². The maximum atomic E-state index is 12.1. The average molecular weight is 432 g/mol. The Hall–Kier alpha value is -2.91. The molecule has 2 amide bonds. The van der Waals surface area contributed by atoms with E-state index in [0.717, 1.165) is 15.6 Å². The van der Waals surface area contributed by atoms with Crippen LogP contribution < -0.4 is 20.3 Å². The van der Waals surface area contributed by atoms with E-state index < -0.39 is 12.0 Å². The average Bonchev–Trinajstić information content (AvgIpc) is 3.39. The molecule has 0 aliphatic rings. The van der Waals surface area contributed by atoms with Crippen molar-refractivity contribution in [2.45, 2.75) is 26.4 Å². The highest BCUT2D eigenvalue weighted by Crippen LogP contribution is 2.27. The van der Waals surface area contributed by atoms with Crippen LogP contribution in [0.4, 0.5) is 0 Å². The van der Waals surface area contributed by atoms with Crippen LogP contribution >= 0.6 is 22.7 Å². The summed E-state index contributed by atoms with van der Waals surface area (Å²) in [6, 6.07) is 10.9. The van der Waals surface area contributed by atoms with Crippen molar-refractivity contribution in [1.29, 1.82) is 0 Å². The lowest BCUT2D eigenvalue weighted by molar-refractivity contribution is -0.132. The number of carbonyl (C=O) groups is 2. The van der Waals surface area contributed by atoms with E-state index >= 15 is 0 Å². The molecular weight excluding hydrogens is 410 g/mol. The van der Waals surface area contributed by atoms with Crippen LogP contribution in [0.15, 0.2) is 47.2 Å². The molecule has 0 saturated carbocycles. The second kappa shape index (κ2) is 10.0. The fourth-order valence-corrected chi connectivity index (χ4v) is 4.02.